The number of benzene rings is 12. The maximum Gasteiger partial charge on any atom is 0.164 e. The molecule has 12 aromatic carbocycles. The summed E-state index contributed by atoms with van der Waals surface area (Å²) in [7, 11) is 0. The van der Waals surface area contributed by atoms with E-state index >= 15 is 0 Å². The molecule has 0 aliphatic heterocycles. The fourth-order valence-corrected chi connectivity index (χ4v) is 11.2. The number of fused-ring (bicyclic) bond motifs is 12. The predicted octanol–water partition coefficient (Wildman–Crippen LogP) is 16.8. The van der Waals surface area contributed by atoms with Crippen LogP contribution in [0.2, 0.25) is 0 Å². The second kappa shape index (κ2) is 15.0. The van der Waals surface area contributed by atoms with Crippen LogP contribution in [-0.2, 0) is 0 Å². The average Bonchev–Trinajstić information content (AvgIpc) is 3.92. The van der Waals surface area contributed by atoms with Crippen molar-refractivity contribution in [3.63, 3.8) is 0 Å². The van der Waals surface area contributed by atoms with Crippen LogP contribution in [0.15, 0.2) is 237 Å². The van der Waals surface area contributed by atoms with Gasteiger partial charge in [0.2, 0.25) is 0 Å². The quantitative estimate of drug-likeness (QED) is 0.162. The van der Waals surface area contributed by atoms with E-state index < -0.39 is 0 Å². The molecule has 0 aliphatic rings. The molecular weight excluding hydrogens is 851 g/mol. The average molecular weight is 890 g/mol. The summed E-state index contributed by atoms with van der Waals surface area (Å²) >= 11 is 0. The molecule has 70 heavy (non-hydrogen) atoms. The monoisotopic (exact) mass is 889 g/mol. The maximum absolute atomic E-state index is 5.35. The molecule has 0 bridgehead atoms. The zero-order valence-corrected chi connectivity index (χ0v) is 37.8. The molecule has 5 heteroatoms. The molecule has 0 N–H and O–H groups in total. The zero-order valence-electron chi connectivity index (χ0n) is 37.8. The highest BCUT2D eigenvalue weighted by molar-refractivity contribution is 6.16. The lowest BCUT2D eigenvalue weighted by Crippen LogP contribution is -2.01. The Kier molecular flexibility index (Phi) is 8.29. The van der Waals surface area contributed by atoms with Crippen LogP contribution < -0.4 is 0 Å². The van der Waals surface area contributed by atoms with Crippen molar-refractivity contribution >= 4 is 97.5 Å². The van der Waals surface area contributed by atoms with E-state index in [0.29, 0.717) is 17.5 Å². The number of hydrogen-bond donors (Lipinski definition) is 0. The summed E-state index contributed by atoms with van der Waals surface area (Å²) < 4.78 is 4.85. The number of nitrogens with zero attached hydrogens (tertiary/aromatic N) is 5. The molecule has 0 spiro atoms. The molecule has 5 nitrogen and oxygen atoms in total. The molecule has 0 aliphatic carbocycles. The SMILES string of the molecule is c1ccc(-c2nc(-c3cccc4ccc(-n5c6ccccc6c6cc7cc(-n8c9ccccc9c9cc%10ccccc%10cc98)ccc7cc65)cc34)nc(-c3cccc4c3ccc3ccccc34)n2)cc1. The van der Waals surface area contributed by atoms with Gasteiger partial charge in [0.25, 0.3) is 0 Å². The molecule has 324 valence electrons. The van der Waals surface area contributed by atoms with Gasteiger partial charge in [-0.1, -0.05) is 176 Å². The highest BCUT2D eigenvalue weighted by Crippen LogP contribution is 2.40. The van der Waals surface area contributed by atoms with E-state index in [1.807, 2.05) is 18.2 Å². The lowest BCUT2D eigenvalue weighted by atomic mass is 9.98. The lowest BCUT2D eigenvalue weighted by molar-refractivity contribution is 1.08. The third kappa shape index (κ3) is 5.88. The Morgan fingerprint density at radius 3 is 1.41 bits per heavy atom. The van der Waals surface area contributed by atoms with Crippen molar-refractivity contribution in [3.8, 4) is 45.5 Å². The topological polar surface area (TPSA) is 48.5 Å². The number of hydrogen-bond acceptors (Lipinski definition) is 3. The second-order valence-electron chi connectivity index (χ2n) is 18.4. The Bertz CT molecular complexity index is 4660. The summed E-state index contributed by atoms with van der Waals surface area (Å²) in [6.07, 6.45) is 0. The Morgan fingerprint density at radius 2 is 0.700 bits per heavy atom. The molecule has 15 rings (SSSR count). The van der Waals surface area contributed by atoms with Crippen molar-refractivity contribution in [2.75, 3.05) is 0 Å². The van der Waals surface area contributed by atoms with Crippen LogP contribution in [0.3, 0.4) is 0 Å². The van der Waals surface area contributed by atoms with Crippen molar-refractivity contribution < 1.29 is 0 Å². The van der Waals surface area contributed by atoms with Gasteiger partial charge in [-0.3, -0.25) is 0 Å². The fraction of sp³-hybridized carbons (Fsp3) is 0. The standard InChI is InChI=1S/C65H39N5/c1-2-15-42(16-3-1)63-66-64(54-25-13-23-50-49-20-7-6-14-40(49)30-33-51(50)54)68-65(67-63)55-24-12-19-41-28-31-48(39-56(41)55)70-60-27-11-9-22-53(60)58-36-46-34-47(32-29-45(46)38-62(58)70)69-59-26-10-8-21-52(59)57-35-43-17-4-5-18-44(43)37-61(57)69/h1-39H. The Balaban J connectivity index is 0.909. The number of para-hydroxylation sites is 2. The lowest BCUT2D eigenvalue weighted by Gasteiger charge is -2.14. The molecule has 0 atom stereocenters. The van der Waals surface area contributed by atoms with Gasteiger partial charge in [0, 0.05) is 49.6 Å². The first kappa shape index (κ1) is 38.6. The van der Waals surface area contributed by atoms with Crippen molar-refractivity contribution in [1.29, 1.82) is 0 Å². The van der Waals surface area contributed by atoms with E-state index in [1.165, 1.54) is 70.3 Å². The fourth-order valence-electron chi connectivity index (χ4n) is 11.2. The van der Waals surface area contributed by atoms with Crippen LogP contribution >= 0.6 is 0 Å². The molecule has 15 aromatic rings. The minimum atomic E-state index is 0.629. The van der Waals surface area contributed by atoms with Gasteiger partial charge in [0.05, 0.1) is 22.1 Å². The van der Waals surface area contributed by atoms with Crippen LogP contribution in [0.4, 0.5) is 0 Å². The first-order valence-electron chi connectivity index (χ1n) is 23.8. The first-order chi connectivity index (χ1) is 34.7. The van der Waals surface area contributed by atoms with E-state index in [2.05, 4.69) is 228 Å². The Morgan fingerprint density at radius 1 is 0.229 bits per heavy atom. The van der Waals surface area contributed by atoms with Gasteiger partial charge in [-0.25, -0.2) is 15.0 Å². The summed E-state index contributed by atoms with van der Waals surface area (Å²) in [5, 5.41) is 16.7. The smallest absolute Gasteiger partial charge is 0.164 e. The normalized spacial score (nSPS) is 12.0. The van der Waals surface area contributed by atoms with Crippen molar-refractivity contribution in [1.82, 2.24) is 24.1 Å². The van der Waals surface area contributed by atoms with Gasteiger partial charge in [-0.15, -0.1) is 0 Å². The molecule has 0 unspecified atom stereocenters. The van der Waals surface area contributed by atoms with Gasteiger partial charge in [0.15, 0.2) is 17.5 Å². The maximum atomic E-state index is 5.35. The molecule has 0 fully saturated rings. The minimum Gasteiger partial charge on any atom is -0.309 e. The van der Waals surface area contributed by atoms with E-state index in [0.717, 1.165) is 55.3 Å². The van der Waals surface area contributed by atoms with Gasteiger partial charge >= 0.3 is 0 Å². The highest BCUT2D eigenvalue weighted by Gasteiger charge is 2.20. The predicted molar refractivity (Wildman–Crippen MR) is 292 cm³/mol. The summed E-state index contributed by atoms with van der Waals surface area (Å²) in [5.74, 6) is 1.91. The molecule has 3 heterocycles. The highest BCUT2D eigenvalue weighted by atomic mass is 15.0. The summed E-state index contributed by atoms with van der Waals surface area (Å²) in [5.41, 5.74) is 9.78. The van der Waals surface area contributed by atoms with Crippen molar-refractivity contribution in [2.24, 2.45) is 0 Å². The molecular formula is C65H39N5. The molecule has 0 radical (unpaired) electrons. The molecule has 0 amide bonds. The van der Waals surface area contributed by atoms with Crippen LogP contribution in [0.5, 0.6) is 0 Å². The van der Waals surface area contributed by atoms with Crippen LogP contribution in [0, 0.1) is 0 Å². The third-order valence-electron chi connectivity index (χ3n) is 14.5. The zero-order chi connectivity index (χ0) is 45.9. The Labute approximate surface area is 401 Å². The first-order valence-corrected chi connectivity index (χ1v) is 23.8. The van der Waals surface area contributed by atoms with Crippen LogP contribution in [0.1, 0.15) is 0 Å². The van der Waals surface area contributed by atoms with E-state index in [4.69, 9.17) is 15.0 Å². The van der Waals surface area contributed by atoms with E-state index in [-0.39, 0.29) is 0 Å². The summed E-state index contributed by atoms with van der Waals surface area (Å²) in [6, 6.07) is 85.4. The van der Waals surface area contributed by atoms with Crippen molar-refractivity contribution in [3.05, 3.63) is 237 Å². The largest absolute Gasteiger partial charge is 0.309 e. The van der Waals surface area contributed by atoms with Gasteiger partial charge in [-0.2, -0.15) is 0 Å². The number of aromatic nitrogens is 5. The van der Waals surface area contributed by atoms with Crippen molar-refractivity contribution in [2.45, 2.75) is 0 Å². The van der Waals surface area contributed by atoms with Gasteiger partial charge < -0.3 is 9.13 Å². The second-order valence-corrected chi connectivity index (χ2v) is 18.4. The van der Waals surface area contributed by atoms with Gasteiger partial charge in [-0.05, 0) is 115 Å². The van der Waals surface area contributed by atoms with Crippen LogP contribution in [0.25, 0.3) is 143 Å². The molecule has 0 saturated carbocycles. The summed E-state index contributed by atoms with van der Waals surface area (Å²) in [4.78, 5) is 15.8. The third-order valence-corrected chi connectivity index (χ3v) is 14.5. The minimum absolute atomic E-state index is 0.629. The van der Waals surface area contributed by atoms with Gasteiger partial charge in [0.1, 0.15) is 0 Å². The molecule has 0 saturated heterocycles. The molecule has 3 aromatic heterocycles. The van der Waals surface area contributed by atoms with Crippen LogP contribution in [-0.4, -0.2) is 24.1 Å². The van der Waals surface area contributed by atoms with E-state index in [9.17, 15) is 0 Å². The summed E-state index contributed by atoms with van der Waals surface area (Å²) in [6.45, 7) is 0. The number of rotatable bonds is 5. The van der Waals surface area contributed by atoms with E-state index in [1.54, 1.807) is 0 Å². The Hall–Kier alpha value is -9.45.